The maximum Gasteiger partial charge on any atom is 0.303 e. The Kier molecular flexibility index (Phi) is 14.1. The van der Waals surface area contributed by atoms with Gasteiger partial charge in [-0.3, -0.25) is 9.59 Å². The number of ether oxygens (including phenoxy) is 3. The number of para-hydroxylation sites is 2. The van der Waals surface area contributed by atoms with Crippen molar-refractivity contribution in [1.82, 2.24) is 0 Å². The van der Waals surface area contributed by atoms with Gasteiger partial charge in [-0.1, -0.05) is 29.8 Å². The van der Waals surface area contributed by atoms with Gasteiger partial charge in [0.25, 0.3) is 0 Å². The van der Waals surface area contributed by atoms with Crippen molar-refractivity contribution in [3.63, 3.8) is 0 Å². The van der Waals surface area contributed by atoms with Crippen LogP contribution >= 0.6 is 0 Å². The van der Waals surface area contributed by atoms with Crippen LogP contribution < -0.4 is 10.1 Å². The fourth-order valence-corrected chi connectivity index (χ4v) is 3.76. The highest BCUT2D eigenvalue weighted by molar-refractivity contribution is 7.95. The van der Waals surface area contributed by atoms with Gasteiger partial charge in [-0.25, -0.2) is 8.42 Å². The molecular formula is C25H35NO8S2. The smallest absolute Gasteiger partial charge is 0.303 e. The predicted molar refractivity (Wildman–Crippen MR) is 140 cm³/mol. The first-order valence-corrected chi connectivity index (χ1v) is 14.9. The van der Waals surface area contributed by atoms with E-state index >= 15 is 0 Å². The number of esters is 1. The molecule has 0 bridgehead atoms. The van der Waals surface area contributed by atoms with Crippen LogP contribution in [0.5, 0.6) is 5.75 Å². The molecule has 0 radical (unpaired) electrons. The number of hydrogen-bond acceptors (Lipinski definition) is 8. The molecule has 0 aliphatic rings. The lowest BCUT2D eigenvalue weighted by molar-refractivity contribution is -0.151. The molecule has 1 atom stereocenters. The van der Waals surface area contributed by atoms with E-state index in [1.165, 1.54) is 19.1 Å². The second kappa shape index (κ2) is 16.2. The van der Waals surface area contributed by atoms with Gasteiger partial charge in [0.15, 0.2) is 6.10 Å². The van der Waals surface area contributed by atoms with Crippen LogP contribution in [0.25, 0.3) is 0 Å². The Bertz CT molecular complexity index is 1060. The maximum atomic E-state index is 12.0. The molecule has 0 aromatic heterocycles. The third kappa shape index (κ3) is 13.5. The van der Waals surface area contributed by atoms with Gasteiger partial charge in [-0.15, -0.1) is 0 Å². The van der Waals surface area contributed by atoms with Crippen molar-refractivity contribution in [2.24, 2.45) is 0 Å². The molecule has 0 saturated carbocycles. The minimum Gasteiger partial charge on any atom is -0.744 e. The van der Waals surface area contributed by atoms with Crippen molar-refractivity contribution >= 4 is 38.6 Å². The Morgan fingerprint density at radius 3 is 2.25 bits per heavy atom. The van der Waals surface area contributed by atoms with Gasteiger partial charge in [-0.05, 0) is 49.0 Å². The Balaban J connectivity index is 0.000000488. The van der Waals surface area contributed by atoms with Gasteiger partial charge < -0.3 is 24.1 Å². The maximum absolute atomic E-state index is 12.0. The Hall–Kier alpha value is -2.60. The fraction of sp³-hybridized carbons (Fsp3) is 0.440. The largest absolute Gasteiger partial charge is 0.744 e. The molecule has 36 heavy (non-hydrogen) atoms. The number of amides is 1. The summed E-state index contributed by atoms with van der Waals surface area (Å²) in [7, 11) is -4.04. The third-order valence-electron chi connectivity index (χ3n) is 4.47. The monoisotopic (exact) mass is 541 g/mol. The SMILES string of the molecule is CCOCC(COc1ccccc1NC(=O)CC[S+](C)C)OC(C)=O.Cc1ccc(S(=O)(=O)[O-])cc1. The summed E-state index contributed by atoms with van der Waals surface area (Å²) in [4.78, 5) is 23.0. The first kappa shape index (κ1) is 31.4. The van der Waals surface area contributed by atoms with Gasteiger partial charge in [0.1, 0.15) is 28.2 Å². The number of nitrogens with one attached hydrogen (secondary N) is 1. The fourth-order valence-electron chi connectivity index (χ4n) is 2.69. The zero-order chi connectivity index (χ0) is 27.1. The molecule has 0 spiro atoms. The summed E-state index contributed by atoms with van der Waals surface area (Å²) in [5.41, 5.74) is 1.54. The van der Waals surface area contributed by atoms with Crippen molar-refractivity contribution in [3.05, 3.63) is 54.1 Å². The number of aryl methyl sites for hydroxylation is 1. The molecule has 2 aromatic rings. The van der Waals surface area contributed by atoms with Crippen molar-refractivity contribution in [2.45, 2.75) is 38.2 Å². The molecule has 9 nitrogen and oxygen atoms in total. The average molecular weight is 542 g/mol. The minimum atomic E-state index is -4.27. The Labute approximate surface area is 216 Å². The van der Waals surface area contributed by atoms with Gasteiger partial charge in [0, 0.05) is 13.5 Å². The van der Waals surface area contributed by atoms with Gasteiger partial charge in [0.05, 0.1) is 36.1 Å². The summed E-state index contributed by atoms with van der Waals surface area (Å²) in [5.74, 6) is 0.974. The topological polar surface area (TPSA) is 131 Å². The van der Waals surface area contributed by atoms with Crippen LogP contribution in [0.3, 0.4) is 0 Å². The summed E-state index contributed by atoms with van der Waals surface area (Å²) in [6.45, 7) is 5.98. The Morgan fingerprint density at radius 1 is 1.06 bits per heavy atom. The second-order valence-electron chi connectivity index (χ2n) is 7.95. The van der Waals surface area contributed by atoms with Crippen molar-refractivity contribution < 1.29 is 36.8 Å². The first-order valence-electron chi connectivity index (χ1n) is 11.3. The van der Waals surface area contributed by atoms with Crippen LogP contribution in [0.2, 0.25) is 0 Å². The number of carbonyl (C=O) groups is 2. The van der Waals surface area contributed by atoms with E-state index in [1.807, 2.05) is 26.0 Å². The molecule has 1 amide bonds. The number of carbonyl (C=O) groups excluding carboxylic acids is 2. The van der Waals surface area contributed by atoms with Crippen LogP contribution in [0.15, 0.2) is 53.4 Å². The van der Waals surface area contributed by atoms with E-state index in [9.17, 15) is 22.6 Å². The second-order valence-corrected chi connectivity index (χ2v) is 11.7. The van der Waals surface area contributed by atoms with E-state index in [0.717, 1.165) is 11.3 Å². The molecule has 0 heterocycles. The summed E-state index contributed by atoms with van der Waals surface area (Å²) in [5, 5.41) is 2.88. The molecule has 1 unspecified atom stereocenters. The van der Waals surface area contributed by atoms with E-state index in [1.54, 1.807) is 24.3 Å². The van der Waals surface area contributed by atoms with Crippen LogP contribution in [0, 0.1) is 6.92 Å². The highest BCUT2D eigenvalue weighted by Gasteiger charge is 2.16. The zero-order valence-corrected chi connectivity index (χ0v) is 22.9. The lowest BCUT2D eigenvalue weighted by Crippen LogP contribution is -2.29. The van der Waals surface area contributed by atoms with E-state index in [-0.39, 0.29) is 40.9 Å². The summed E-state index contributed by atoms with van der Waals surface area (Å²) < 4.78 is 47.4. The van der Waals surface area contributed by atoms with Crippen LogP contribution in [0.1, 0.15) is 25.8 Å². The molecule has 2 aromatic carbocycles. The highest BCUT2D eigenvalue weighted by atomic mass is 32.2. The average Bonchev–Trinajstić information content (AvgIpc) is 2.80. The van der Waals surface area contributed by atoms with E-state index in [2.05, 4.69) is 17.8 Å². The molecule has 2 rings (SSSR count). The number of benzene rings is 2. The lowest BCUT2D eigenvalue weighted by Gasteiger charge is -2.19. The number of rotatable bonds is 12. The third-order valence-corrected chi connectivity index (χ3v) is 6.34. The first-order chi connectivity index (χ1) is 16.9. The lowest BCUT2D eigenvalue weighted by atomic mass is 10.2. The molecule has 1 N–H and O–H groups in total. The molecule has 0 saturated heterocycles. The van der Waals surface area contributed by atoms with Gasteiger partial charge in [-0.2, -0.15) is 0 Å². The van der Waals surface area contributed by atoms with Crippen LogP contribution in [-0.4, -0.2) is 69.0 Å². The van der Waals surface area contributed by atoms with E-state index in [4.69, 9.17) is 14.2 Å². The van der Waals surface area contributed by atoms with Crippen molar-refractivity contribution in [1.29, 1.82) is 0 Å². The number of hydrogen-bond donors (Lipinski definition) is 1. The summed E-state index contributed by atoms with van der Waals surface area (Å²) in [6, 6.07) is 13.0. The van der Waals surface area contributed by atoms with Crippen LogP contribution in [-0.2, 0) is 40.1 Å². The van der Waals surface area contributed by atoms with Crippen molar-refractivity contribution in [3.8, 4) is 5.75 Å². The molecule has 0 fully saturated rings. The zero-order valence-electron chi connectivity index (χ0n) is 21.3. The molecule has 0 aliphatic heterocycles. The summed E-state index contributed by atoms with van der Waals surface area (Å²) >= 11 is 0. The molecular weight excluding hydrogens is 506 g/mol. The van der Waals surface area contributed by atoms with Gasteiger partial charge in [0.2, 0.25) is 5.91 Å². The molecule has 0 aliphatic carbocycles. The highest BCUT2D eigenvalue weighted by Crippen LogP contribution is 2.24. The molecule has 11 heteroatoms. The molecule has 200 valence electrons. The minimum absolute atomic E-state index is 0.0388. The standard InChI is InChI=1S/C18H27NO5S.C7H8O3S/c1-5-22-12-15(24-14(2)20)13-23-17-9-7-6-8-16(17)19-18(21)10-11-25(3)4;1-6-2-4-7(5-3-6)11(8,9)10/h6-9,15H,5,10-13H2,1-4H3;2-5H,1H3,(H,8,9,10). The number of anilines is 1. The van der Waals surface area contributed by atoms with Crippen LogP contribution in [0.4, 0.5) is 5.69 Å². The van der Waals surface area contributed by atoms with E-state index in [0.29, 0.717) is 24.5 Å². The van der Waals surface area contributed by atoms with Crippen molar-refractivity contribution in [2.75, 3.05) is 43.4 Å². The van der Waals surface area contributed by atoms with Gasteiger partial charge >= 0.3 is 5.97 Å². The quantitative estimate of drug-likeness (QED) is 0.246. The Morgan fingerprint density at radius 2 is 1.69 bits per heavy atom. The van der Waals surface area contributed by atoms with E-state index < -0.39 is 16.2 Å². The predicted octanol–water partition coefficient (Wildman–Crippen LogP) is 3.14. The normalized spacial score (nSPS) is 11.8. The summed E-state index contributed by atoms with van der Waals surface area (Å²) in [6.07, 6.45) is 4.20.